The van der Waals surface area contributed by atoms with E-state index in [2.05, 4.69) is 33.9 Å². The molecule has 3 aromatic rings. The van der Waals surface area contributed by atoms with Gasteiger partial charge in [-0.2, -0.15) is 0 Å². The van der Waals surface area contributed by atoms with Crippen LogP contribution < -0.4 is 4.72 Å². The van der Waals surface area contributed by atoms with Gasteiger partial charge in [0.2, 0.25) is 0 Å². The summed E-state index contributed by atoms with van der Waals surface area (Å²) in [4.78, 5) is 17.2. The van der Waals surface area contributed by atoms with Crippen LogP contribution in [0.4, 0.5) is 5.69 Å². The van der Waals surface area contributed by atoms with Gasteiger partial charge in [0.05, 0.1) is 16.3 Å². The summed E-state index contributed by atoms with van der Waals surface area (Å²) in [6, 6.07) is 20.9. The number of anilines is 1. The van der Waals surface area contributed by atoms with E-state index in [-0.39, 0.29) is 32.1 Å². The Labute approximate surface area is 215 Å². The SMILES string of the molecule is O=C(c1ccccc1NS(=O)(=O)c1cc(Cl)ccc1Cl)N1CCN(CC=Cc2ccccc2)CC1. The van der Waals surface area contributed by atoms with Crippen LogP contribution in [0.2, 0.25) is 10.0 Å². The van der Waals surface area contributed by atoms with Crippen molar-refractivity contribution in [1.29, 1.82) is 0 Å². The van der Waals surface area contributed by atoms with Crippen molar-refractivity contribution >= 4 is 50.9 Å². The van der Waals surface area contributed by atoms with E-state index in [1.807, 2.05) is 18.2 Å². The molecule has 0 aliphatic carbocycles. The Hall–Kier alpha value is -2.84. The number of rotatable bonds is 7. The molecule has 0 atom stereocenters. The van der Waals surface area contributed by atoms with Gasteiger partial charge >= 0.3 is 0 Å². The fraction of sp³-hybridized carbons (Fsp3) is 0.192. The predicted molar refractivity (Wildman–Crippen MR) is 142 cm³/mol. The maximum atomic E-state index is 13.3. The van der Waals surface area contributed by atoms with Gasteiger partial charge < -0.3 is 4.90 Å². The number of hydrogen-bond donors (Lipinski definition) is 1. The number of para-hydroxylation sites is 1. The highest BCUT2D eigenvalue weighted by Crippen LogP contribution is 2.28. The molecule has 0 radical (unpaired) electrons. The zero-order valence-corrected chi connectivity index (χ0v) is 21.2. The Morgan fingerprint density at radius 2 is 1.60 bits per heavy atom. The first-order valence-corrected chi connectivity index (χ1v) is 13.4. The number of carbonyl (C=O) groups excluding carboxylic acids is 1. The van der Waals surface area contributed by atoms with Gasteiger partial charge in [-0.1, -0.05) is 77.8 Å². The maximum Gasteiger partial charge on any atom is 0.263 e. The average Bonchev–Trinajstić information content (AvgIpc) is 2.86. The minimum absolute atomic E-state index is 0.0446. The normalized spacial score (nSPS) is 14.9. The van der Waals surface area contributed by atoms with Crippen molar-refractivity contribution in [3.8, 4) is 0 Å². The number of carbonyl (C=O) groups is 1. The van der Waals surface area contributed by atoms with E-state index in [1.165, 1.54) is 18.2 Å². The van der Waals surface area contributed by atoms with Crippen molar-refractivity contribution in [2.45, 2.75) is 4.90 Å². The maximum absolute atomic E-state index is 13.3. The molecule has 3 aromatic carbocycles. The number of hydrogen-bond acceptors (Lipinski definition) is 4. The van der Waals surface area contributed by atoms with Crippen molar-refractivity contribution in [2.24, 2.45) is 0 Å². The second kappa shape index (κ2) is 11.3. The molecule has 0 saturated carbocycles. The zero-order valence-electron chi connectivity index (χ0n) is 18.9. The van der Waals surface area contributed by atoms with Gasteiger partial charge in [0.15, 0.2) is 0 Å². The minimum Gasteiger partial charge on any atom is -0.336 e. The van der Waals surface area contributed by atoms with E-state index in [4.69, 9.17) is 23.2 Å². The average molecular weight is 530 g/mol. The molecule has 6 nitrogen and oxygen atoms in total. The van der Waals surface area contributed by atoms with E-state index in [0.717, 1.165) is 25.2 Å². The summed E-state index contributed by atoms with van der Waals surface area (Å²) in [6.45, 7) is 3.37. The number of benzene rings is 3. The predicted octanol–water partition coefficient (Wildman–Crippen LogP) is 5.27. The van der Waals surface area contributed by atoms with E-state index < -0.39 is 10.0 Å². The lowest BCUT2D eigenvalue weighted by Gasteiger charge is -2.34. The summed E-state index contributed by atoms with van der Waals surface area (Å²) in [5, 5.41) is 0.291. The van der Waals surface area contributed by atoms with E-state index >= 15 is 0 Å². The summed E-state index contributed by atoms with van der Waals surface area (Å²) in [6.07, 6.45) is 4.21. The van der Waals surface area contributed by atoms with Crippen LogP contribution in [0.3, 0.4) is 0 Å². The third-order valence-electron chi connectivity index (χ3n) is 5.72. The topological polar surface area (TPSA) is 69.7 Å². The van der Waals surface area contributed by atoms with Crippen molar-refractivity contribution in [1.82, 2.24) is 9.80 Å². The van der Waals surface area contributed by atoms with Crippen molar-refractivity contribution in [2.75, 3.05) is 37.4 Å². The second-order valence-corrected chi connectivity index (χ2v) is 10.6. The molecule has 1 N–H and O–H groups in total. The number of halogens is 2. The fourth-order valence-electron chi connectivity index (χ4n) is 3.85. The van der Waals surface area contributed by atoms with Crippen LogP contribution in [-0.4, -0.2) is 56.8 Å². The number of nitrogens with one attached hydrogen (secondary N) is 1. The summed E-state index contributed by atoms with van der Waals surface area (Å²) in [7, 11) is -4.05. The summed E-state index contributed by atoms with van der Waals surface area (Å²) in [5.41, 5.74) is 1.63. The van der Waals surface area contributed by atoms with Gasteiger partial charge in [-0.05, 0) is 35.9 Å². The molecule has 1 saturated heterocycles. The Bertz CT molecular complexity index is 1320. The zero-order chi connectivity index (χ0) is 24.8. The van der Waals surface area contributed by atoms with Gasteiger partial charge in [0, 0.05) is 37.7 Å². The van der Waals surface area contributed by atoms with Crippen LogP contribution in [0.25, 0.3) is 6.08 Å². The molecule has 1 aliphatic heterocycles. The molecule has 0 aromatic heterocycles. The van der Waals surface area contributed by atoms with Gasteiger partial charge in [0.1, 0.15) is 4.90 Å². The number of amides is 1. The van der Waals surface area contributed by atoms with Crippen LogP contribution in [0.1, 0.15) is 15.9 Å². The monoisotopic (exact) mass is 529 g/mol. The molecule has 0 unspecified atom stereocenters. The van der Waals surface area contributed by atoms with Crippen LogP contribution in [0.15, 0.2) is 83.8 Å². The molecule has 4 rings (SSSR count). The molecule has 0 spiro atoms. The lowest BCUT2D eigenvalue weighted by atomic mass is 10.1. The highest BCUT2D eigenvalue weighted by Gasteiger charge is 2.26. The third kappa shape index (κ3) is 6.44. The lowest BCUT2D eigenvalue weighted by molar-refractivity contribution is 0.0651. The van der Waals surface area contributed by atoms with E-state index in [9.17, 15) is 13.2 Å². The first kappa shape index (κ1) is 25.3. The van der Waals surface area contributed by atoms with Gasteiger partial charge in [-0.25, -0.2) is 8.42 Å². The van der Waals surface area contributed by atoms with Gasteiger partial charge in [-0.15, -0.1) is 0 Å². The van der Waals surface area contributed by atoms with Crippen molar-refractivity contribution in [3.63, 3.8) is 0 Å². The number of nitrogens with zero attached hydrogens (tertiary/aromatic N) is 2. The smallest absolute Gasteiger partial charge is 0.263 e. The van der Waals surface area contributed by atoms with Crippen molar-refractivity contribution < 1.29 is 13.2 Å². The Kier molecular flexibility index (Phi) is 8.13. The van der Waals surface area contributed by atoms with Gasteiger partial charge in [0.25, 0.3) is 15.9 Å². The largest absolute Gasteiger partial charge is 0.336 e. The van der Waals surface area contributed by atoms with Crippen LogP contribution in [0, 0.1) is 0 Å². The lowest BCUT2D eigenvalue weighted by Crippen LogP contribution is -2.48. The molecule has 35 heavy (non-hydrogen) atoms. The first-order chi connectivity index (χ1) is 16.8. The van der Waals surface area contributed by atoms with Gasteiger partial charge in [-0.3, -0.25) is 14.4 Å². The number of piperazine rings is 1. The standard InChI is InChI=1S/C26H25Cl2N3O3S/c27-21-12-13-23(28)25(19-21)35(33,34)29-24-11-5-4-10-22(24)26(32)31-17-15-30(16-18-31)14-6-9-20-7-2-1-3-8-20/h1-13,19,29H,14-18H2. The molecule has 1 aliphatic rings. The molecular weight excluding hydrogens is 505 g/mol. The molecule has 182 valence electrons. The van der Waals surface area contributed by atoms with E-state index in [1.54, 1.807) is 29.2 Å². The van der Waals surface area contributed by atoms with Crippen molar-refractivity contribution in [3.05, 3.63) is 100 Å². The summed E-state index contributed by atoms with van der Waals surface area (Å²) in [5.74, 6) is -0.222. The minimum atomic E-state index is -4.05. The molecule has 9 heteroatoms. The molecular formula is C26H25Cl2N3O3S. The molecule has 1 fully saturated rings. The molecule has 1 amide bonds. The summed E-state index contributed by atoms with van der Waals surface area (Å²) < 4.78 is 28.5. The summed E-state index contributed by atoms with van der Waals surface area (Å²) >= 11 is 12.1. The first-order valence-electron chi connectivity index (χ1n) is 11.1. The van der Waals surface area contributed by atoms with Crippen LogP contribution >= 0.6 is 23.2 Å². The highest BCUT2D eigenvalue weighted by atomic mass is 35.5. The Morgan fingerprint density at radius 1 is 0.914 bits per heavy atom. The third-order valence-corrected chi connectivity index (χ3v) is 7.80. The second-order valence-electron chi connectivity index (χ2n) is 8.13. The van der Waals surface area contributed by atoms with E-state index in [0.29, 0.717) is 13.1 Å². The van der Waals surface area contributed by atoms with Crippen LogP contribution in [0.5, 0.6) is 0 Å². The quantitative estimate of drug-likeness (QED) is 0.452. The Balaban J connectivity index is 1.41. The highest BCUT2D eigenvalue weighted by molar-refractivity contribution is 7.92. The number of sulfonamides is 1. The molecule has 0 bridgehead atoms. The van der Waals surface area contributed by atoms with Crippen LogP contribution in [-0.2, 0) is 10.0 Å². The fourth-order valence-corrected chi connectivity index (χ4v) is 5.69. The Morgan fingerprint density at radius 3 is 2.34 bits per heavy atom. The molecule has 1 heterocycles.